The highest BCUT2D eigenvalue weighted by Crippen LogP contribution is 2.20. The summed E-state index contributed by atoms with van der Waals surface area (Å²) in [7, 11) is 1.68. The second kappa shape index (κ2) is 5.30. The molecule has 1 N–H and O–H groups in total. The summed E-state index contributed by atoms with van der Waals surface area (Å²) in [6, 6.07) is 7.99. The van der Waals surface area contributed by atoms with Crippen LogP contribution in [-0.4, -0.2) is 17.1 Å². The van der Waals surface area contributed by atoms with Gasteiger partial charge >= 0.3 is 0 Å². The average molecular weight is 229 g/mol. The standard InChI is InChI=1S/C13H15N3O/c1-10-3-4-11(12(7-10)17-2)8-15-13-5-6-14-9-16-13/h3-7,9H,8H2,1-2H3,(H,14,15,16). The zero-order valence-electron chi connectivity index (χ0n) is 9.97. The average Bonchev–Trinajstić information content (AvgIpc) is 2.38. The molecule has 0 saturated heterocycles. The third-order valence-corrected chi connectivity index (χ3v) is 2.48. The van der Waals surface area contributed by atoms with Crippen LogP contribution in [0, 0.1) is 6.92 Å². The van der Waals surface area contributed by atoms with Gasteiger partial charge in [-0.15, -0.1) is 0 Å². The van der Waals surface area contributed by atoms with E-state index in [2.05, 4.69) is 27.4 Å². The highest BCUT2D eigenvalue weighted by atomic mass is 16.5. The summed E-state index contributed by atoms with van der Waals surface area (Å²) in [6.07, 6.45) is 3.23. The lowest BCUT2D eigenvalue weighted by atomic mass is 10.1. The highest BCUT2D eigenvalue weighted by molar-refractivity contribution is 5.41. The van der Waals surface area contributed by atoms with Crippen molar-refractivity contribution in [2.45, 2.75) is 13.5 Å². The fourth-order valence-corrected chi connectivity index (χ4v) is 1.58. The minimum Gasteiger partial charge on any atom is -0.496 e. The van der Waals surface area contributed by atoms with E-state index in [0.29, 0.717) is 6.54 Å². The summed E-state index contributed by atoms with van der Waals surface area (Å²) in [5, 5.41) is 3.22. The van der Waals surface area contributed by atoms with Gasteiger partial charge < -0.3 is 10.1 Å². The molecule has 1 aromatic carbocycles. The van der Waals surface area contributed by atoms with Gasteiger partial charge in [0.1, 0.15) is 17.9 Å². The molecule has 1 heterocycles. The predicted molar refractivity (Wildman–Crippen MR) is 67.1 cm³/mol. The largest absolute Gasteiger partial charge is 0.496 e. The Morgan fingerprint density at radius 2 is 2.18 bits per heavy atom. The third-order valence-electron chi connectivity index (χ3n) is 2.48. The Morgan fingerprint density at radius 1 is 1.29 bits per heavy atom. The second-order valence-corrected chi connectivity index (χ2v) is 3.76. The van der Waals surface area contributed by atoms with Crippen molar-refractivity contribution in [1.29, 1.82) is 0 Å². The number of ether oxygens (including phenoxy) is 1. The predicted octanol–water partition coefficient (Wildman–Crippen LogP) is 2.41. The van der Waals surface area contributed by atoms with Crippen LogP contribution in [0.4, 0.5) is 5.82 Å². The van der Waals surface area contributed by atoms with Crippen LogP contribution in [0.1, 0.15) is 11.1 Å². The molecule has 1 aromatic heterocycles. The molecule has 0 spiro atoms. The van der Waals surface area contributed by atoms with E-state index in [4.69, 9.17) is 4.74 Å². The molecule has 4 nitrogen and oxygen atoms in total. The number of methoxy groups -OCH3 is 1. The summed E-state index contributed by atoms with van der Waals surface area (Å²) < 4.78 is 5.34. The molecule has 2 rings (SSSR count). The van der Waals surface area contributed by atoms with E-state index in [1.54, 1.807) is 13.3 Å². The van der Waals surface area contributed by atoms with Crippen molar-refractivity contribution in [2.24, 2.45) is 0 Å². The second-order valence-electron chi connectivity index (χ2n) is 3.76. The van der Waals surface area contributed by atoms with E-state index in [0.717, 1.165) is 17.1 Å². The lowest BCUT2D eigenvalue weighted by Crippen LogP contribution is -2.03. The van der Waals surface area contributed by atoms with Gasteiger partial charge in [-0.3, -0.25) is 0 Å². The molecule has 0 aliphatic heterocycles. The van der Waals surface area contributed by atoms with Crippen molar-refractivity contribution < 1.29 is 4.74 Å². The molecular weight excluding hydrogens is 214 g/mol. The first-order valence-corrected chi connectivity index (χ1v) is 5.43. The molecule has 0 fully saturated rings. The molecule has 0 saturated carbocycles. The molecule has 0 aliphatic rings. The first-order valence-electron chi connectivity index (χ1n) is 5.43. The highest BCUT2D eigenvalue weighted by Gasteiger charge is 2.03. The molecule has 0 bridgehead atoms. The summed E-state index contributed by atoms with van der Waals surface area (Å²) in [5.41, 5.74) is 2.30. The maximum absolute atomic E-state index is 5.34. The van der Waals surface area contributed by atoms with Crippen LogP contribution in [0.25, 0.3) is 0 Å². The van der Waals surface area contributed by atoms with Crippen molar-refractivity contribution in [3.8, 4) is 5.75 Å². The molecular formula is C13H15N3O. The zero-order valence-corrected chi connectivity index (χ0v) is 9.97. The molecule has 88 valence electrons. The number of hydrogen-bond donors (Lipinski definition) is 1. The Hall–Kier alpha value is -2.10. The third kappa shape index (κ3) is 2.93. The number of hydrogen-bond acceptors (Lipinski definition) is 4. The van der Waals surface area contributed by atoms with Crippen LogP contribution in [0.5, 0.6) is 5.75 Å². The van der Waals surface area contributed by atoms with Gasteiger partial charge in [0.2, 0.25) is 0 Å². The van der Waals surface area contributed by atoms with Gasteiger partial charge in [0.05, 0.1) is 7.11 Å². The van der Waals surface area contributed by atoms with E-state index in [9.17, 15) is 0 Å². The number of nitrogens with one attached hydrogen (secondary N) is 1. The van der Waals surface area contributed by atoms with Crippen LogP contribution in [0.15, 0.2) is 36.8 Å². The lowest BCUT2D eigenvalue weighted by molar-refractivity contribution is 0.410. The first kappa shape index (κ1) is 11.4. The maximum Gasteiger partial charge on any atom is 0.129 e. The molecule has 17 heavy (non-hydrogen) atoms. The van der Waals surface area contributed by atoms with Gasteiger partial charge in [-0.05, 0) is 24.6 Å². The fraction of sp³-hybridized carbons (Fsp3) is 0.231. The summed E-state index contributed by atoms with van der Waals surface area (Å²) >= 11 is 0. The summed E-state index contributed by atoms with van der Waals surface area (Å²) in [6.45, 7) is 2.73. The Labute approximate surface area is 101 Å². The van der Waals surface area contributed by atoms with E-state index in [1.807, 2.05) is 19.1 Å². The fourth-order valence-electron chi connectivity index (χ4n) is 1.58. The number of aromatic nitrogens is 2. The SMILES string of the molecule is COc1cc(C)ccc1CNc1ccncn1. The van der Waals surface area contributed by atoms with Crippen LogP contribution in [0.2, 0.25) is 0 Å². The molecule has 2 aromatic rings. The Kier molecular flexibility index (Phi) is 3.55. The van der Waals surface area contributed by atoms with E-state index < -0.39 is 0 Å². The van der Waals surface area contributed by atoms with Crippen LogP contribution < -0.4 is 10.1 Å². The van der Waals surface area contributed by atoms with Crippen LogP contribution in [0.3, 0.4) is 0 Å². The number of benzene rings is 1. The summed E-state index contributed by atoms with van der Waals surface area (Å²) in [5.74, 6) is 1.70. The van der Waals surface area contributed by atoms with Crippen molar-refractivity contribution in [1.82, 2.24) is 9.97 Å². The minimum absolute atomic E-state index is 0.681. The number of aryl methyl sites for hydroxylation is 1. The van der Waals surface area contributed by atoms with Crippen LogP contribution in [-0.2, 0) is 6.54 Å². The normalized spacial score (nSPS) is 10.0. The van der Waals surface area contributed by atoms with Crippen molar-refractivity contribution in [3.05, 3.63) is 47.9 Å². The van der Waals surface area contributed by atoms with Crippen molar-refractivity contribution >= 4 is 5.82 Å². The molecule has 4 heteroatoms. The van der Waals surface area contributed by atoms with Gasteiger partial charge in [-0.25, -0.2) is 9.97 Å². The quantitative estimate of drug-likeness (QED) is 0.874. The van der Waals surface area contributed by atoms with E-state index in [1.165, 1.54) is 11.9 Å². The Bertz CT molecular complexity index is 485. The van der Waals surface area contributed by atoms with Crippen molar-refractivity contribution in [3.63, 3.8) is 0 Å². The Balaban J connectivity index is 2.09. The minimum atomic E-state index is 0.681. The van der Waals surface area contributed by atoms with Crippen LogP contribution >= 0.6 is 0 Å². The molecule has 0 amide bonds. The lowest BCUT2D eigenvalue weighted by Gasteiger charge is -2.10. The molecule has 0 aliphatic carbocycles. The smallest absolute Gasteiger partial charge is 0.129 e. The number of anilines is 1. The van der Waals surface area contributed by atoms with Gasteiger partial charge in [0.25, 0.3) is 0 Å². The van der Waals surface area contributed by atoms with Gasteiger partial charge in [-0.2, -0.15) is 0 Å². The Morgan fingerprint density at radius 3 is 2.88 bits per heavy atom. The van der Waals surface area contributed by atoms with Gasteiger partial charge in [0, 0.05) is 18.3 Å². The zero-order chi connectivity index (χ0) is 12.1. The molecule has 0 unspecified atom stereocenters. The molecule has 0 atom stereocenters. The topological polar surface area (TPSA) is 47.0 Å². The first-order chi connectivity index (χ1) is 8.29. The van der Waals surface area contributed by atoms with Gasteiger partial charge in [-0.1, -0.05) is 12.1 Å². The van der Waals surface area contributed by atoms with Crippen molar-refractivity contribution in [2.75, 3.05) is 12.4 Å². The molecule has 0 radical (unpaired) electrons. The monoisotopic (exact) mass is 229 g/mol. The number of nitrogens with zero attached hydrogens (tertiary/aromatic N) is 2. The van der Waals surface area contributed by atoms with E-state index in [-0.39, 0.29) is 0 Å². The maximum atomic E-state index is 5.34. The summed E-state index contributed by atoms with van der Waals surface area (Å²) in [4.78, 5) is 7.97. The van der Waals surface area contributed by atoms with Gasteiger partial charge in [0.15, 0.2) is 0 Å². The van der Waals surface area contributed by atoms with E-state index >= 15 is 0 Å². The number of rotatable bonds is 4.